The first-order valence-corrected chi connectivity index (χ1v) is 8.21. The lowest BCUT2D eigenvalue weighted by Gasteiger charge is -1.98. The van der Waals surface area contributed by atoms with Crippen LogP contribution in [0.15, 0.2) is 93.2 Å². The van der Waals surface area contributed by atoms with E-state index in [2.05, 4.69) is 20.4 Å². The van der Waals surface area contributed by atoms with Crippen molar-refractivity contribution < 1.29 is 0 Å². The fraction of sp³-hybridized carbons (Fsp3) is 0.0476. The summed E-state index contributed by atoms with van der Waals surface area (Å²) in [6.45, 7) is 0. The smallest absolute Gasteiger partial charge is 0.0732 e. The van der Waals surface area contributed by atoms with E-state index in [0.29, 0.717) is 0 Å². The molecule has 0 bridgehead atoms. The monoisotopic (exact) mass is 341 g/mol. The molecule has 5 nitrogen and oxygen atoms in total. The molecule has 1 heterocycles. The topological polar surface area (TPSA) is 54.4 Å². The minimum atomic E-state index is 0.934. The molecule has 0 spiro atoms. The Kier molecular flexibility index (Phi) is 5.99. The zero-order valence-corrected chi connectivity index (χ0v) is 14.5. The van der Waals surface area contributed by atoms with Gasteiger partial charge in [-0.25, -0.2) is 0 Å². The van der Waals surface area contributed by atoms with Crippen molar-refractivity contribution >= 4 is 24.9 Å². The normalized spacial score (nSPS) is 12.2. The third-order valence-corrected chi connectivity index (χ3v) is 3.73. The summed E-state index contributed by atoms with van der Waals surface area (Å²) in [7, 11) is 1.95. The molecule has 128 valence electrons. The van der Waals surface area contributed by atoms with E-state index in [1.165, 1.54) is 0 Å². The molecule has 0 aliphatic heterocycles. The number of hydrogen-bond donors (Lipinski definition) is 0. The molecule has 0 aliphatic rings. The molecule has 0 saturated heterocycles. The van der Waals surface area contributed by atoms with Crippen LogP contribution in [0.1, 0.15) is 22.5 Å². The highest BCUT2D eigenvalue weighted by atomic mass is 15.2. The summed E-state index contributed by atoms with van der Waals surface area (Å²) in [5, 5.41) is 16.3. The van der Waals surface area contributed by atoms with Crippen LogP contribution in [-0.4, -0.2) is 29.4 Å². The zero-order chi connectivity index (χ0) is 18.0. The van der Waals surface area contributed by atoms with Gasteiger partial charge in [0.25, 0.3) is 0 Å². The van der Waals surface area contributed by atoms with E-state index in [1.807, 2.05) is 84.4 Å². The van der Waals surface area contributed by atoms with Gasteiger partial charge in [-0.1, -0.05) is 60.7 Å². The highest BCUT2D eigenvalue weighted by molar-refractivity contribution is 5.85. The molecule has 1 aromatic heterocycles. The van der Waals surface area contributed by atoms with Gasteiger partial charge in [-0.05, 0) is 23.3 Å². The maximum atomic E-state index is 4.10. The number of nitrogens with zero attached hydrogens (tertiary/aromatic N) is 5. The summed E-state index contributed by atoms with van der Waals surface area (Å²) < 4.78 is 1.98. The molecule has 0 amide bonds. The SMILES string of the molecule is Cn1c(C=N/N=C\c2ccccc2)ccc1/C=N/N=C\c1ccccc1. The Morgan fingerprint density at radius 3 is 1.35 bits per heavy atom. The van der Waals surface area contributed by atoms with Crippen molar-refractivity contribution in [2.45, 2.75) is 0 Å². The van der Waals surface area contributed by atoms with Gasteiger partial charge in [0.05, 0.1) is 36.2 Å². The largest absolute Gasteiger partial charge is 0.342 e. The summed E-state index contributed by atoms with van der Waals surface area (Å²) >= 11 is 0. The summed E-state index contributed by atoms with van der Waals surface area (Å²) in [5.41, 5.74) is 3.90. The first-order valence-electron chi connectivity index (χ1n) is 8.21. The van der Waals surface area contributed by atoms with Crippen molar-refractivity contribution in [3.05, 3.63) is 95.3 Å². The third kappa shape index (κ3) is 4.95. The minimum Gasteiger partial charge on any atom is -0.342 e. The van der Waals surface area contributed by atoms with Gasteiger partial charge >= 0.3 is 0 Å². The van der Waals surface area contributed by atoms with Crippen molar-refractivity contribution in [3.8, 4) is 0 Å². The first-order chi connectivity index (χ1) is 12.8. The van der Waals surface area contributed by atoms with Crippen molar-refractivity contribution in [3.63, 3.8) is 0 Å². The Hall–Kier alpha value is -3.60. The molecule has 0 saturated carbocycles. The standard InChI is InChI=1S/C21H19N5/c1-26-20(16-24-22-14-18-8-4-2-5-9-18)12-13-21(26)17-25-23-15-19-10-6-3-7-11-19/h2-17H,1H3/b22-14-,23-15-,24-16+,25-17?. The molecule has 0 radical (unpaired) electrons. The summed E-state index contributed by atoms with van der Waals surface area (Å²) in [6.07, 6.45) is 6.87. The van der Waals surface area contributed by atoms with Gasteiger partial charge in [0.15, 0.2) is 0 Å². The molecule has 26 heavy (non-hydrogen) atoms. The number of aromatic nitrogens is 1. The fourth-order valence-electron chi connectivity index (χ4n) is 2.27. The van der Waals surface area contributed by atoms with E-state index >= 15 is 0 Å². The average Bonchev–Trinajstić information content (AvgIpc) is 3.04. The van der Waals surface area contributed by atoms with Crippen LogP contribution in [0, 0.1) is 0 Å². The van der Waals surface area contributed by atoms with Gasteiger partial charge in [-0.15, -0.1) is 0 Å². The second kappa shape index (κ2) is 9.03. The summed E-state index contributed by atoms with van der Waals surface area (Å²) in [4.78, 5) is 0. The average molecular weight is 341 g/mol. The van der Waals surface area contributed by atoms with Crippen LogP contribution < -0.4 is 0 Å². The van der Waals surface area contributed by atoms with Crippen LogP contribution in [0.5, 0.6) is 0 Å². The quantitative estimate of drug-likeness (QED) is 0.482. The molecular weight excluding hydrogens is 322 g/mol. The van der Waals surface area contributed by atoms with Crippen LogP contribution in [0.25, 0.3) is 0 Å². The molecule has 0 unspecified atom stereocenters. The molecule has 0 fully saturated rings. The molecule has 2 aromatic carbocycles. The molecule has 0 N–H and O–H groups in total. The van der Waals surface area contributed by atoms with Crippen LogP contribution in [-0.2, 0) is 7.05 Å². The third-order valence-electron chi connectivity index (χ3n) is 3.73. The van der Waals surface area contributed by atoms with Gasteiger partial charge in [-0.2, -0.15) is 20.4 Å². The highest BCUT2D eigenvalue weighted by Gasteiger charge is 1.99. The van der Waals surface area contributed by atoms with Crippen LogP contribution in [0.3, 0.4) is 0 Å². The number of rotatable bonds is 6. The molecule has 5 heteroatoms. The van der Waals surface area contributed by atoms with Crippen LogP contribution in [0.2, 0.25) is 0 Å². The Bertz CT molecular complexity index is 858. The van der Waals surface area contributed by atoms with E-state index in [0.717, 1.165) is 22.5 Å². The second-order valence-corrected chi connectivity index (χ2v) is 5.54. The number of hydrogen-bond acceptors (Lipinski definition) is 4. The van der Waals surface area contributed by atoms with Gasteiger partial charge in [0, 0.05) is 7.05 Å². The van der Waals surface area contributed by atoms with E-state index in [1.54, 1.807) is 24.9 Å². The molecule has 3 aromatic rings. The van der Waals surface area contributed by atoms with Gasteiger partial charge in [0.2, 0.25) is 0 Å². The predicted molar refractivity (Wildman–Crippen MR) is 109 cm³/mol. The van der Waals surface area contributed by atoms with E-state index in [9.17, 15) is 0 Å². The van der Waals surface area contributed by atoms with Gasteiger partial charge < -0.3 is 4.57 Å². The maximum absolute atomic E-state index is 4.10. The van der Waals surface area contributed by atoms with Crippen molar-refractivity contribution in [1.82, 2.24) is 4.57 Å². The van der Waals surface area contributed by atoms with E-state index in [-0.39, 0.29) is 0 Å². The lowest BCUT2D eigenvalue weighted by molar-refractivity contribution is 0.907. The van der Waals surface area contributed by atoms with Crippen LogP contribution >= 0.6 is 0 Å². The fourth-order valence-corrected chi connectivity index (χ4v) is 2.27. The first kappa shape index (κ1) is 17.2. The lowest BCUT2D eigenvalue weighted by atomic mass is 10.2. The summed E-state index contributed by atoms with van der Waals surface area (Å²) in [5.74, 6) is 0. The highest BCUT2D eigenvalue weighted by Crippen LogP contribution is 2.03. The van der Waals surface area contributed by atoms with Crippen molar-refractivity contribution in [1.29, 1.82) is 0 Å². The van der Waals surface area contributed by atoms with Gasteiger partial charge in [-0.3, -0.25) is 0 Å². The van der Waals surface area contributed by atoms with Gasteiger partial charge in [0.1, 0.15) is 0 Å². The van der Waals surface area contributed by atoms with Crippen molar-refractivity contribution in [2.24, 2.45) is 27.5 Å². The van der Waals surface area contributed by atoms with E-state index in [4.69, 9.17) is 0 Å². The summed E-state index contributed by atoms with van der Waals surface area (Å²) in [6, 6.07) is 23.6. The minimum absolute atomic E-state index is 0.934. The predicted octanol–water partition coefficient (Wildman–Crippen LogP) is 3.93. The second-order valence-electron chi connectivity index (χ2n) is 5.54. The Morgan fingerprint density at radius 1 is 0.538 bits per heavy atom. The van der Waals surface area contributed by atoms with E-state index < -0.39 is 0 Å². The van der Waals surface area contributed by atoms with Crippen molar-refractivity contribution in [2.75, 3.05) is 0 Å². The molecule has 0 atom stereocenters. The lowest BCUT2D eigenvalue weighted by Crippen LogP contribution is -1.99. The maximum Gasteiger partial charge on any atom is 0.0732 e. The molecule has 3 rings (SSSR count). The Labute approximate surface area is 152 Å². The number of benzene rings is 2. The Balaban J connectivity index is 1.60. The molecule has 0 aliphatic carbocycles. The van der Waals surface area contributed by atoms with Crippen LogP contribution in [0.4, 0.5) is 0 Å². The Morgan fingerprint density at radius 2 is 0.923 bits per heavy atom. The zero-order valence-electron chi connectivity index (χ0n) is 14.5. The molecular formula is C21H19N5.